The van der Waals surface area contributed by atoms with Crippen LogP contribution >= 0.6 is 0 Å². The van der Waals surface area contributed by atoms with Gasteiger partial charge < -0.3 is 0 Å². The smallest absolute Gasteiger partial charge is 0.182 e. The molecule has 0 atom stereocenters. The third-order valence-electron chi connectivity index (χ3n) is 16.6. The fraction of sp³-hybridized carbons (Fsp3) is 0.0128. The van der Waals surface area contributed by atoms with Crippen LogP contribution in [0, 0.1) is 0 Å². The fourth-order valence-electron chi connectivity index (χ4n) is 12.7. The summed E-state index contributed by atoms with van der Waals surface area (Å²) in [5.41, 5.74) is 24.8. The summed E-state index contributed by atoms with van der Waals surface area (Å²) in [6, 6.07) is 104. The van der Waals surface area contributed by atoms with E-state index in [1.54, 1.807) is 0 Å². The number of hydrogen-bond acceptors (Lipinski definition) is 7. The van der Waals surface area contributed by atoms with E-state index in [2.05, 4.69) is 200 Å². The summed E-state index contributed by atoms with van der Waals surface area (Å²) in [5.74, 6) is 1.31. The second kappa shape index (κ2) is 20.5. The lowest BCUT2D eigenvalue weighted by atomic mass is 9.70. The van der Waals surface area contributed by atoms with Gasteiger partial charge in [0.2, 0.25) is 0 Å². The van der Waals surface area contributed by atoms with Crippen LogP contribution in [-0.4, -0.2) is 34.9 Å². The van der Waals surface area contributed by atoms with Crippen LogP contribution in [-0.2, 0) is 5.41 Å². The van der Waals surface area contributed by atoms with E-state index in [9.17, 15) is 0 Å². The highest BCUT2D eigenvalue weighted by Crippen LogP contribution is 2.63. The van der Waals surface area contributed by atoms with Crippen molar-refractivity contribution in [1.29, 1.82) is 0 Å². The van der Waals surface area contributed by atoms with Gasteiger partial charge in [-0.1, -0.05) is 243 Å². The van der Waals surface area contributed by atoms with Crippen LogP contribution < -0.4 is 0 Å². The molecule has 0 saturated heterocycles. The Kier molecular flexibility index (Phi) is 11.9. The average molecular weight is 1080 g/mol. The zero-order valence-electron chi connectivity index (χ0n) is 45.9. The van der Waals surface area contributed by atoms with Crippen molar-refractivity contribution in [3.05, 3.63) is 320 Å². The van der Waals surface area contributed by atoms with Gasteiger partial charge in [0.15, 0.2) is 17.5 Å². The zero-order chi connectivity index (χ0) is 56.3. The summed E-state index contributed by atoms with van der Waals surface area (Å²) in [5, 5.41) is 0. The summed E-state index contributed by atoms with van der Waals surface area (Å²) in [7, 11) is 0. The lowest BCUT2D eigenvalue weighted by Crippen LogP contribution is -2.25. The number of aromatic nitrogens is 7. The van der Waals surface area contributed by atoms with E-state index >= 15 is 0 Å². The predicted octanol–water partition coefficient (Wildman–Crippen LogP) is 18.5. The molecule has 0 N–H and O–H groups in total. The van der Waals surface area contributed by atoms with Crippen molar-refractivity contribution in [2.45, 2.75) is 5.41 Å². The number of fused-ring (bicyclic) bond motifs is 10. The van der Waals surface area contributed by atoms with E-state index in [4.69, 9.17) is 34.9 Å². The predicted molar refractivity (Wildman–Crippen MR) is 342 cm³/mol. The molecule has 0 aliphatic heterocycles. The van der Waals surface area contributed by atoms with E-state index in [0.717, 1.165) is 67.3 Å². The molecule has 0 bridgehead atoms. The Morgan fingerprint density at radius 2 is 0.494 bits per heavy atom. The lowest BCUT2D eigenvalue weighted by molar-refractivity contribution is 0.794. The Balaban J connectivity index is 0.805. The van der Waals surface area contributed by atoms with Crippen LogP contribution in [0.3, 0.4) is 0 Å². The maximum atomic E-state index is 5.37. The van der Waals surface area contributed by atoms with Crippen molar-refractivity contribution < 1.29 is 0 Å². The molecule has 5 heterocycles. The van der Waals surface area contributed by atoms with Crippen LogP contribution in [0.4, 0.5) is 0 Å². The molecule has 7 heteroatoms. The van der Waals surface area contributed by atoms with E-state index in [0.29, 0.717) is 40.2 Å². The second-order valence-electron chi connectivity index (χ2n) is 21.6. The number of pyridine rings is 4. The van der Waals surface area contributed by atoms with Gasteiger partial charge in [-0.15, -0.1) is 0 Å². The minimum absolute atomic E-state index is 0.406. The first-order valence-corrected chi connectivity index (χ1v) is 28.6. The van der Waals surface area contributed by atoms with E-state index < -0.39 is 5.41 Å². The molecule has 5 aromatic heterocycles. The molecule has 2 aliphatic rings. The minimum Gasteiger partial charge on any atom is -0.246 e. The number of rotatable bonds is 10. The first-order valence-electron chi connectivity index (χ1n) is 28.6. The number of hydrogen-bond donors (Lipinski definition) is 0. The SMILES string of the molecule is c1ccc(-c2ccc(-c3cc(-c4ccccc4)nc(-c4cccc(-c5nc(-c6ccccc6)nc(-c6cccc(-c7cc(-c8ccc9c(c8)C8(c%10ccccc%10-c%10ccccc%108)c8ccccc8-9)cc(-c8ccccc8)n7)n6)n5)n4)c3)cc2)cc1. The summed E-state index contributed by atoms with van der Waals surface area (Å²) in [6.07, 6.45) is 0. The van der Waals surface area contributed by atoms with Gasteiger partial charge in [0.25, 0.3) is 0 Å². The van der Waals surface area contributed by atoms with Crippen molar-refractivity contribution in [1.82, 2.24) is 34.9 Å². The van der Waals surface area contributed by atoms with Gasteiger partial charge in [-0.05, 0) is 132 Å². The molecule has 0 radical (unpaired) electrons. The second-order valence-corrected chi connectivity index (χ2v) is 21.6. The Hall–Kier alpha value is -11.4. The highest BCUT2D eigenvalue weighted by Gasteiger charge is 2.51. The van der Waals surface area contributed by atoms with Gasteiger partial charge in [0.1, 0.15) is 11.4 Å². The van der Waals surface area contributed by atoms with Gasteiger partial charge in [-0.3, -0.25) is 0 Å². The highest BCUT2D eigenvalue weighted by atomic mass is 15.1. The Morgan fingerprint density at radius 3 is 0.976 bits per heavy atom. The van der Waals surface area contributed by atoms with Gasteiger partial charge in [-0.25, -0.2) is 34.9 Å². The van der Waals surface area contributed by atoms with Crippen molar-refractivity contribution in [2.24, 2.45) is 0 Å². The van der Waals surface area contributed by atoms with Crippen molar-refractivity contribution in [3.63, 3.8) is 0 Å². The van der Waals surface area contributed by atoms with Gasteiger partial charge in [0.05, 0.1) is 39.6 Å². The quantitative estimate of drug-likeness (QED) is 0.135. The summed E-state index contributed by atoms with van der Waals surface area (Å²) >= 11 is 0. The number of benzene rings is 9. The third-order valence-corrected chi connectivity index (χ3v) is 16.6. The largest absolute Gasteiger partial charge is 0.246 e. The van der Waals surface area contributed by atoms with E-state index in [1.165, 1.54) is 50.1 Å². The Labute approximate surface area is 492 Å². The molecule has 0 amide bonds. The molecule has 7 nitrogen and oxygen atoms in total. The summed E-state index contributed by atoms with van der Waals surface area (Å²) in [6.45, 7) is 0. The highest BCUT2D eigenvalue weighted by molar-refractivity contribution is 5.96. The monoisotopic (exact) mass is 1080 g/mol. The maximum absolute atomic E-state index is 5.37. The molecule has 9 aromatic carbocycles. The molecule has 14 aromatic rings. The molecule has 396 valence electrons. The zero-order valence-corrected chi connectivity index (χ0v) is 45.9. The van der Waals surface area contributed by atoms with Crippen LogP contribution in [0.5, 0.6) is 0 Å². The van der Waals surface area contributed by atoms with Crippen molar-refractivity contribution >= 4 is 0 Å². The van der Waals surface area contributed by atoms with Gasteiger partial charge in [0, 0.05) is 16.7 Å². The number of nitrogens with zero attached hydrogens (tertiary/aromatic N) is 7. The van der Waals surface area contributed by atoms with Crippen LogP contribution in [0.2, 0.25) is 0 Å². The third kappa shape index (κ3) is 8.64. The Morgan fingerprint density at radius 1 is 0.165 bits per heavy atom. The first kappa shape index (κ1) is 49.4. The lowest BCUT2D eigenvalue weighted by Gasteiger charge is -2.30. The van der Waals surface area contributed by atoms with Gasteiger partial charge in [-0.2, -0.15) is 0 Å². The minimum atomic E-state index is -0.480. The van der Waals surface area contributed by atoms with Crippen LogP contribution in [0.25, 0.3) is 135 Å². The van der Waals surface area contributed by atoms with E-state index in [-0.39, 0.29) is 0 Å². The average Bonchev–Trinajstić information content (AvgIpc) is 1.62. The summed E-state index contributed by atoms with van der Waals surface area (Å²) < 4.78 is 0. The molecule has 1 spiro atoms. The summed E-state index contributed by atoms with van der Waals surface area (Å²) in [4.78, 5) is 36.7. The molecule has 0 fully saturated rings. The standard InChI is InChI=1S/C78H49N7/c1-5-21-50(22-6-1)51-39-41-52(42-40-51)57-46-71(53-23-7-2-8-24-53)81-73(48-57)67-35-19-37-69(79-67)76-83-75(55-27-11-4-12-28-55)84-77(85-76)70-38-20-36-68(80-70)74-49-58(47-72(82-74)54-25-9-3-10-26-54)56-43-44-62-61-31-15-18-34-65(61)78(66(62)45-56)63-32-16-13-29-59(63)60-30-14-17-33-64(60)78/h1-49H. The molecule has 85 heavy (non-hydrogen) atoms. The molecule has 0 saturated carbocycles. The topological polar surface area (TPSA) is 90.2 Å². The Bertz CT molecular complexity index is 4810. The van der Waals surface area contributed by atoms with Crippen LogP contribution in [0.15, 0.2) is 297 Å². The molecular formula is C78H49N7. The molecule has 16 rings (SSSR count). The normalized spacial score (nSPS) is 12.3. The first-order chi connectivity index (χ1) is 42.1. The van der Waals surface area contributed by atoms with Gasteiger partial charge >= 0.3 is 0 Å². The van der Waals surface area contributed by atoms with Crippen molar-refractivity contribution in [3.8, 4) is 135 Å². The fourth-order valence-corrected chi connectivity index (χ4v) is 12.7. The molecule has 0 unspecified atom stereocenters. The molecular weight excluding hydrogens is 1030 g/mol. The maximum Gasteiger partial charge on any atom is 0.182 e. The van der Waals surface area contributed by atoms with E-state index in [1.807, 2.05) is 97.1 Å². The molecule has 2 aliphatic carbocycles. The van der Waals surface area contributed by atoms with Crippen molar-refractivity contribution in [2.75, 3.05) is 0 Å². The van der Waals surface area contributed by atoms with Crippen LogP contribution in [0.1, 0.15) is 22.3 Å².